The number of amides is 4. The predicted molar refractivity (Wildman–Crippen MR) is 253 cm³/mol. The number of benzene rings is 4. The summed E-state index contributed by atoms with van der Waals surface area (Å²) in [6.45, 7) is 2.73. The number of fused-ring (bicyclic) bond motifs is 2. The van der Waals surface area contributed by atoms with E-state index in [1.807, 2.05) is 91.0 Å². The Labute approximate surface area is 386 Å². The van der Waals surface area contributed by atoms with Gasteiger partial charge in [-0.1, -0.05) is 82.8 Å². The molecule has 1 saturated heterocycles. The number of hydrogen-bond donors (Lipinski definition) is 5. The first-order valence-electron chi connectivity index (χ1n) is 19.5. The van der Waals surface area contributed by atoms with Gasteiger partial charge >= 0.3 is 12.1 Å². The van der Waals surface area contributed by atoms with Gasteiger partial charge in [-0.25, -0.2) is 19.6 Å². The van der Waals surface area contributed by atoms with Gasteiger partial charge in [0.05, 0.1) is 23.8 Å². The highest BCUT2D eigenvalue weighted by Gasteiger charge is 2.21. The van der Waals surface area contributed by atoms with Crippen molar-refractivity contribution in [1.29, 1.82) is 0 Å². The highest BCUT2D eigenvalue weighted by molar-refractivity contribution is 6.35. The maximum Gasteiger partial charge on any atom is 0.321 e. The first-order valence-corrected chi connectivity index (χ1v) is 21.6. The van der Waals surface area contributed by atoms with Gasteiger partial charge in [0, 0.05) is 105 Å². The van der Waals surface area contributed by atoms with Crippen molar-refractivity contribution in [1.82, 2.24) is 39.8 Å². The third-order valence-electron chi connectivity index (χ3n) is 9.82. The number of urea groups is 2. The molecule has 0 spiro atoms. The van der Waals surface area contributed by atoms with Gasteiger partial charge in [-0.05, 0) is 59.7 Å². The molecule has 8 aromatic rings. The number of halogens is 5. The number of rotatable bonds is 12. The van der Waals surface area contributed by atoms with E-state index in [4.69, 9.17) is 63.0 Å². The molecule has 1 aliphatic rings. The Morgan fingerprint density at radius 3 is 1.67 bits per heavy atom. The lowest BCUT2D eigenvalue weighted by molar-refractivity contribution is 0.251. The number of nitrogens with zero attached hydrogens (tertiary/aromatic N) is 7. The van der Waals surface area contributed by atoms with Crippen molar-refractivity contribution in [3.8, 4) is 22.5 Å². The van der Waals surface area contributed by atoms with E-state index >= 15 is 0 Å². The van der Waals surface area contributed by atoms with Crippen molar-refractivity contribution < 1.29 is 9.59 Å². The Bertz CT molecular complexity index is 2910. The molecule has 0 atom stereocenters. The van der Waals surface area contributed by atoms with Crippen molar-refractivity contribution in [2.75, 3.05) is 46.4 Å². The van der Waals surface area contributed by atoms with E-state index in [2.05, 4.69) is 41.8 Å². The van der Waals surface area contributed by atoms with E-state index in [1.165, 1.54) is 0 Å². The molecule has 5 heterocycles. The Morgan fingerprint density at radius 2 is 1.19 bits per heavy atom. The predicted octanol–water partition coefficient (Wildman–Crippen LogP) is 10.5. The number of carbonyl (C=O) groups is 2. The van der Waals surface area contributed by atoms with Crippen LogP contribution >= 0.6 is 58.0 Å². The lowest BCUT2D eigenvalue weighted by Gasteiger charge is -2.15. The summed E-state index contributed by atoms with van der Waals surface area (Å²) in [5.41, 5.74) is 8.21. The molecular weight excluding hydrogens is 906 g/mol. The summed E-state index contributed by atoms with van der Waals surface area (Å²) < 4.78 is 3.47. The molecule has 9 rings (SSSR count). The van der Waals surface area contributed by atoms with Crippen LogP contribution in [-0.4, -0.2) is 66.8 Å². The van der Waals surface area contributed by atoms with Crippen LogP contribution in [0.2, 0.25) is 20.1 Å². The SMILES string of the molecule is O=C(NCCCl)Nc1ccc(-c2cc(NCc3ccc(Cl)cc3Cl)n3nccc3n2)cc1.O=C1NCCN1c1ccc(-c2cc(NCc3ccc(Cl)cc3Cl)n3nccc3n2)cc1. The van der Waals surface area contributed by atoms with Gasteiger partial charge in [-0.15, -0.1) is 11.6 Å². The third-order valence-corrected chi connectivity index (χ3v) is 11.2. The van der Waals surface area contributed by atoms with Crippen molar-refractivity contribution in [3.63, 3.8) is 0 Å². The zero-order chi connectivity index (χ0) is 43.9. The first kappa shape index (κ1) is 43.4. The molecule has 320 valence electrons. The van der Waals surface area contributed by atoms with Gasteiger partial charge in [-0.2, -0.15) is 19.2 Å². The number of hydrogen-bond acceptors (Lipinski definition) is 8. The van der Waals surface area contributed by atoms with Crippen LogP contribution in [0.1, 0.15) is 11.1 Å². The fourth-order valence-corrected chi connectivity index (χ4v) is 7.71. The van der Waals surface area contributed by atoms with Gasteiger partial charge in [0.2, 0.25) is 0 Å². The number of nitrogens with one attached hydrogen (secondary N) is 5. The Kier molecular flexibility index (Phi) is 13.6. The molecule has 0 aliphatic carbocycles. The minimum absolute atomic E-state index is 0.0705. The standard InChI is InChI=1S/C22H19Cl3N6O.C22H18Cl2N6O/c23-8-10-26-22(32)29-17-5-2-14(3-6-17)19-12-21(31-20(30-19)7-9-28-31)27-13-15-1-4-16(24)11-18(15)25;23-16-4-1-15(18(24)11-16)13-26-21-12-19(28-20-7-8-27-30(20)21)14-2-5-17(6-3-14)29-10-9-25-22(29)31/h1-7,9,11-12,27H,8,10,13H2,(H2,26,29,32);1-8,11-12,26H,9-10,13H2,(H,25,31). The van der Waals surface area contributed by atoms with Crippen LogP contribution < -0.4 is 31.5 Å². The minimum atomic E-state index is -0.301. The first-order chi connectivity index (χ1) is 30.6. The topological polar surface area (TPSA) is 158 Å². The fourth-order valence-electron chi connectivity index (χ4n) is 6.67. The lowest BCUT2D eigenvalue weighted by atomic mass is 10.1. The second-order valence-corrected chi connectivity index (χ2v) is 16.1. The fraction of sp³-hybridized carbons (Fsp3) is 0.136. The van der Waals surface area contributed by atoms with Gasteiger partial charge in [0.1, 0.15) is 11.6 Å². The van der Waals surface area contributed by atoms with Crippen LogP contribution in [0.3, 0.4) is 0 Å². The average Bonchev–Trinajstić information content (AvgIpc) is 4.07. The molecular formula is C44H37Cl5N12O2. The van der Waals surface area contributed by atoms with Crippen LogP contribution in [0, 0.1) is 0 Å². The smallest absolute Gasteiger partial charge is 0.321 e. The summed E-state index contributed by atoms with van der Waals surface area (Å²) in [6, 6.07) is 33.2. The molecule has 1 fully saturated rings. The molecule has 4 amide bonds. The van der Waals surface area contributed by atoms with Crippen LogP contribution in [0.25, 0.3) is 33.8 Å². The highest BCUT2D eigenvalue weighted by Crippen LogP contribution is 2.29. The number of aromatic nitrogens is 6. The summed E-state index contributed by atoms with van der Waals surface area (Å²) in [5, 5.41) is 26.1. The summed E-state index contributed by atoms with van der Waals surface area (Å²) in [5.74, 6) is 1.91. The molecule has 4 aromatic heterocycles. The summed E-state index contributed by atoms with van der Waals surface area (Å²) in [7, 11) is 0. The summed E-state index contributed by atoms with van der Waals surface area (Å²) >= 11 is 30.2. The molecule has 0 saturated carbocycles. The van der Waals surface area contributed by atoms with Gasteiger partial charge in [0.25, 0.3) is 0 Å². The van der Waals surface area contributed by atoms with E-state index in [1.54, 1.807) is 44.5 Å². The molecule has 19 heteroatoms. The number of anilines is 4. The van der Waals surface area contributed by atoms with Gasteiger partial charge in [0.15, 0.2) is 11.3 Å². The third kappa shape index (κ3) is 10.5. The van der Waals surface area contributed by atoms with Gasteiger partial charge < -0.3 is 26.6 Å². The van der Waals surface area contributed by atoms with E-state index in [9.17, 15) is 9.59 Å². The molecule has 63 heavy (non-hydrogen) atoms. The number of alkyl halides is 1. The maximum absolute atomic E-state index is 11.9. The second kappa shape index (κ2) is 19.8. The van der Waals surface area contributed by atoms with E-state index in [0.29, 0.717) is 70.0 Å². The molecule has 14 nitrogen and oxygen atoms in total. The average molecular weight is 943 g/mol. The van der Waals surface area contributed by atoms with Crippen LogP contribution in [0.4, 0.5) is 32.6 Å². The Hall–Kier alpha value is -6.29. The Morgan fingerprint density at radius 1 is 0.667 bits per heavy atom. The van der Waals surface area contributed by atoms with Crippen molar-refractivity contribution in [2.24, 2.45) is 0 Å². The lowest BCUT2D eigenvalue weighted by Crippen LogP contribution is -2.30. The minimum Gasteiger partial charge on any atom is -0.366 e. The molecule has 0 radical (unpaired) electrons. The number of carbonyl (C=O) groups excluding carboxylic acids is 2. The van der Waals surface area contributed by atoms with Crippen molar-refractivity contribution in [2.45, 2.75) is 13.1 Å². The van der Waals surface area contributed by atoms with Crippen molar-refractivity contribution >= 4 is 104 Å². The van der Waals surface area contributed by atoms with E-state index in [-0.39, 0.29) is 12.1 Å². The van der Waals surface area contributed by atoms with E-state index in [0.717, 1.165) is 56.6 Å². The quantitative estimate of drug-likeness (QED) is 0.0758. The molecule has 4 aromatic carbocycles. The molecule has 0 unspecified atom stereocenters. The molecule has 5 N–H and O–H groups in total. The van der Waals surface area contributed by atoms with Gasteiger partial charge in [-0.3, -0.25) is 4.90 Å². The van der Waals surface area contributed by atoms with Crippen LogP contribution in [0.15, 0.2) is 122 Å². The summed E-state index contributed by atoms with van der Waals surface area (Å²) in [4.78, 5) is 34.8. The van der Waals surface area contributed by atoms with Crippen LogP contribution in [0.5, 0.6) is 0 Å². The molecule has 0 bridgehead atoms. The zero-order valence-corrected chi connectivity index (χ0v) is 36.9. The van der Waals surface area contributed by atoms with E-state index < -0.39 is 0 Å². The van der Waals surface area contributed by atoms with Crippen LogP contribution in [-0.2, 0) is 13.1 Å². The normalized spacial score (nSPS) is 12.2. The Balaban J connectivity index is 0.000000173. The molecule has 1 aliphatic heterocycles. The monoisotopic (exact) mass is 940 g/mol. The largest absolute Gasteiger partial charge is 0.366 e. The zero-order valence-electron chi connectivity index (χ0n) is 33.1. The maximum atomic E-state index is 11.9. The summed E-state index contributed by atoms with van der Waals surface area (Å²) in [6.07, 6.45) is 3.40. The second-order valence-electron chi connectivity index (χ2n) is 14.0. The van der Waals surface area contributed by atoms with Crippen molar-refractivity contribution in [3.05, 3.63) is 153 Å². The highest BCUT2D eigenvalue weighted by atomic mass is 35.5.